The molecule has 1 unspecified atom stereocenters. The Kier molecular flexibility index (Phi) is 4.96. The SMILES string of the molecule is CC1CCC(Nc2ccc(S(=N)(=O)C3CC3)cc2-c2cn(C)c(=O)c3[nH]ccc23)CC1. The van der Waals surface area contributed by atoms with Crippen molar-refractivity contribution in [1.82, 2.24) is 9.55 Å². The van der Waals surface area contributed by atoms with Crippen LogP contribution in [0.25, 0.3) is 22.0 Å². The molecule has 164 valence electrons. The first-order valence-corrected chi connectivity index (χ1v) is 12.8. The van der Waals surface area contributed by atoms with Crippen molar-refractivity contribution < 1.29 is 4.21 Å². The second-order valence-electron chi connectivity index (χ2n) is 9.33. The van der Waals surface area contributed by atoms with Crippen molar-refractivity contribution in [2.75, 3.05) is 5.32 Å². The van der Waals surface area contributed by atoms with Gasteiger partial charge in [0.1, 0.15) is 5.52 Å². The first kappa shape index (κ1) is 20.4. The molecule has 31 heavy (non-hydrogen) atoms. The highest BCUT2D eigenvalue weighted by Gasteiger charge is 2.34. The van der Waals surface area contributed by atoms with Gasteiger partial charge in [-0.1, -0.05) is 6.92 Å². The number of benzene rings is 1. The topological polar surface area (TPSA) is 90.7 Å². The normalized spacial score (nSPS) is 23.5. The lowest BCUT2D eigenvalue weighted by Crippen LogP contribution is -2.25. The molecule has 1 aromatic carbocycles. The van der Waals surface area contributed by atoms with Crippen molar-refractivity contribution >= 4 is 26.3 Å². The van der Waals surface area contributed by atoms with Crippen molar-refractivity contribution in [2.24, 2.45) is 13.0 Å². The molecule has 2 aromatic heterocycles. The molecule has 2 heterocycles. The minimum Gasteiger partial charge on any atom is -0.382 e. The van der Waals surface area contributed by atoms with Gasteiger partial charge in [-0.2, -0.15) is 0 Å². The Bertz CT molecular complexity index is 1290. The number of pyridine rings is 1. The van der Waals surface area contributed by atoms with Crippen molar-refractivity contribution in [3.8, 4) is 11.1 Å². The van der Waals surface area contributed by atoms with Crippen LogP contribution in [0.2, 0.25) is 0 Å². The molecule has 6 nitrogen and oxygen atoms in total. The number of H-pyrrole nitrogens is 1. The van der Waals surface area contributed by atoms with Gasteiger partial charge in [-0.15, -0.1) is 0 Å². The van der Waals surface area contributed by atoms with E-state index < -0.39 is 9.73 Å². The third kappa shape index (κ3) is 3.69. The van der Waals surface area contributed by atoms with E-state index >= 15 is 0 Å². The van der Waals surface area contributed by atoms with Crippen LogP contribution in [-0.4, -0.2) is 25.1 Å². The number of aryl methyl sites for hydroxylation is 1. The van der Waals surface area contributed by atoms with E-state index in [1.807, 2.05) is 30.5 Å². The number of hydrogen-bond acceptors (Lipinski definition) is 4. The van der Waals surface area contributed by atoms with E-state index in [4.69, 9.17) is 4.78 Å². The summed E-state index contributed by atoms with van der Waals surface area (Å²) in [6.45, 7) is 2.31. The number of anilines is 1. The maximum Gasteiger partial charge on any atom is 0.274 e. The van der Waals surface area contributed by atoms with E-state index in [-0.39, 0.29) is 10.8 Å². The van der Waals surface area contributed by atoms with Crippen LogP contribution in [0, 0.1) is 10.7 Å². The fourth-order valence-corrected chi connectivity index (χ4v) is 6.51. The average molecular weight is 439 g/mol. The summed E-state index contributed by atoms with van der Waals surface area (Å²) < 4.78 is 23.3. The summed E-state index contributed by atoms with van der Waals surface area (Å²) in [5.41, 5.74) is 3.31. The van der Waals surface area contributed by atoms with Gasteiger partial charge in [0, 0.05) is 57.8 Å². The van der Waals surface area contributed by atoms with E-state index in [1.165, 1.54) is 12.8 Å². The van der Waals surface area contributed by atoms with Crippen molar-refractivity contribution in [1.29, 1.82) is 4.78 Å². The smallest absolute Gasteiger partial charge is 0.274 e. The Morgan fingerprint density at radius 1 is 1.10 bits per heavy atom. The average Bonchev–Trinajstić information content (AvgIpc) is 3.51. The van der Waals surface area contributed by atoms with Crippen LogP contribution in [-0.2, 0) is 16.8 Å². The molecule has 0 radical (unpaired) electrons. The Balaban J connectivity index is 1.65. The Labute approximate surface area is 183 Å². The van der Waals surface area contributed by atoms with Gasteiger partial charge in [0.15, 0.2) is 0 Å². The van der Waals surface area contributed by atoms with E-state index in [1.54, 1.807) is 17.8 Å². The fraction of sp³-hybridized carbons (Fsp3) is 0.458. The van der Waals surface area contributed by atoms with Gasteiger partial charge in [-0.3, -0.25) is 4.79 Å². The zero-order valence-corrected chi connectivity index (χ0v) is 18.9. The number of fused-ring (bicyclic) bond motifs is 1. The lowest BCUT2D eigenvalue weighted by Gasteiger charge is -2.29. The van der Waals surface area contributed by atoms with Crippen molar-refractivity contribution in [3.63, 3.8) is 0 Å². The zero-order valence-electron chi connectivity index (χ0n) is 18.1. The quantitative estimate of drug-likeness (QED) is 0.518. The number of hydrogen-bond donors (Lipinski definition) is 3. The van der Waals surface area contributed by atoms with Crippen LogP contribution in [0.15, 0.2) is 46.3 Å². The summed E-state index contributed by atoms with van der Waals surface area (Å²) in [5, 5.41) is 4.55. The molecule has 3 aromatic rings. The molecule has 2 aliphatic rings. The van der Waals surface area contributed by atoms with Gasteiger partial charge in [-0.25, -0.2) is 8.99 Å². The van der Waals surface area contributed by atoms with E-state index in [2.05, 4.69) is 17.2 Å². The largest absolute Gasteiger partial charge is 0.382 e. The maximum absolute atomic E-state index is 13.2. The van der Waals surface area contributed by atoms with E-state index in [0.29, 0.717) is 16.5 Å². The number of aromatic amines is 1. The highest BCUT2D eigenvalue weighted by molar-refractivity contribution is 7.93. The monoisotopic (exact) mass is 438 g/mol. The van der Waals surface area contributed by atoms with Gasteiger partial charge in [0.25, 0.3) is 5.56 Å². The van der Waals surface area contributed by atoms with Gasteiger partial charge in [0.05, 0.1) is 9.73 Å². The summed E-state index contributed by atoms with van der Waals surface area (Å²) in [7, 11) is -1.06. The molecule has 0 aliphatic heterocycles. The third-order valence-electron chi connectivity index (χ3n) is 6.89. The second kappa shape index (κ2) is 7.55. The van der Waals surface area contributed by atoms with Gasteiger partial charge >= 0.3 is 0 Å². The van der Waals surface area contributed by atoms with Crippen LogP contribution in [0.3, 0.4) is 0 Å². The summed E-state index contributed by atoms with van der Waals surface area (Å²) in [5.74, 6) is 0.773. The lowest BCUT2D eigenvalue weighted by atomic mass is 9.87. The van der Waals surface area contributed by atoms with Crippen LogP contribution in [0.1, 0.15) is 45.4 Å². The summed E-state index contributed by atoms with van der Waals surface area (Å²) in [6.07, 6.45) is 10.1. The Hall–Kier alpha value is -2.54. The molecule has 2 fully saturated rings. The second-order valence-corrected chi connectivity index (χ2v) is 11.7. The molecule has 0 amide bonds. The molecule has 0 bridgehead atoms. The minimum absolute atomic E-state index is 0.0357. The molecule has 2 aliphatic carbocycles. The minimum atomic E-state index is -2.82. The molecule has 5 rings (SSSR count). The molecule has 7 heteroatoms. The first-order chi connectivity index (χ1) is 14.8. The van der Waals surface area contributed by atoms with E-state index in [0.717, 1.165) is 53.8 Å². The highest BCUT2D eigenvalue weighted by Crippen LogP contribution is 2.40. The maximum atomic E-state index is 13.2. The van der Waals surface area contributed by atoms with Crippen LogP contribution < -0.4 is 10.9 Å². The molecular weight excluding hydrogens is 408 g/mol. The predicted molar refractivity (Wildman–Crippen MR) is 126 cm³/mol. The van der Waals surface area contributed by atoms with E-state index in [9.17, 15) is 9.00 Å². The Morgan fingerprint density at radius 2 is 1.84 bits per heavy atom. The van der Waals surface area contributed by atoms with Crippen LogP contribution >= 0.6 is 0 Å². The summed E-state index contributed by atoms with van der Waals surface area (Å²) >= 11 is 0. The highest BCUT2D eigenvalue weighted by atomic mass is 32.2. The van der Waals surface area contributed by atoms with Crippen LogP contribution in [0.4, 0.5) is 5.69 Å². The lowest BCUT2D eigenvalue weighted by molar-refractivity contribution is 0.361. The summed E-state index contributed by atoms with van der Waals surface area (Å²) in [4.78, 5) is 16.2. The number of nitrogens with zero attached hydrogens (tertiary/aromatic N) is 1. The molecule has 3 N–H and O–H groups in total. The summed E-state index contributed by atoms with van der Waals surface area (Å²) in [6, 6.07) is 8.10. The molecular formula is C24H30N4O2S. The molecule has 0 saturated heterocycles. The molecule has 2 saturated carbocycles. The van der Waals surface area contributed by atoms with Crippen LogP contribution in [0.5, 0.6) is 0 Å². The predicted octanol–water partition coefficient (Wildman–Crippen LogP) is 5.09. The number of aromatic nitrogens is 2. The first-order valence-electron chi connectivity index (χ1n) is 11.2. The van der Waals surface area contributed by atoms with Gasteiger partial charge < -0.3 is 14.9 Å². The number of nitrogens with one attached hydrogen (secondary N) is 3. The van der Waals surface area contributed by atoms with Crippen molar-refractivity contribution in [2.45, 2.75) is 61.6 Å². The third-order valence-corrected chi connectivity index (χ3v) is 9.26. The van der Waals surface area contributed by atoms with Gasteiger partial charge in [-0.05, 0) is 68.7 Å². The standard InChI is InChI=1S/C24H30N4O2S/c1-15-3-5-16(6-4-15)27-22-10-9-18(31(25,30)17-7-8-17)13-20(22)21-14-28(2)24(29)23-19(21)11-12-26-23/h9-17,25-27H,3-8H2,1-2H3. The zero-order chi connectivity index (χ0) is 21.8. The molecule has 1 atom stereocenters. The van der Waals surface area contributed by atoms with Crippen molar-refractivity contribution in [3.05, 3.63) is 47.0 Å². The Morgan fingerprint density at radius 3 is 2.55 bits per heavy atom. The number of rotatable bonds is 5. The molecule has 0 spiro atoms. The van der Waals surface area contributed by atoms with Gasteiger partial charge in [0.2, 0.25) is 0 Å². The fourth-order valence-electron chi connectivity index (χ4n) is 4.76.